The Balaban J connectivity index is 2.03. The van der Waals surface area contributed by atoms with E-state index in [9.17, 15) is 9.59 Å². The summed E-state index contributed by atoms with van der Waals surface area (Å²) in [5, 5.41) is 0. The molecule has 96 valence electrons. The van der Waals surface area contributed by atoms with E-state index in [-0.39, 0.29) is 18.1 Å². The van der Waals surface area contributed by atoms with Crippen molar-refractivity contribution in [2.75, 3.05) is 6.54 Å². The normalized spacial score (nSPS) is 29.1. The number of ketones is 1. The van der Waals surface area contributed by atoms with E-state index in [0.29, 0.717) is 18.7 Å². The summed E-state index contributed by atoms with van der Waals surface area (Å²) in [6.07, 6.45) is 3.07. The number of likely N-dealkylation sites (tertiary alicyclic amines) is 1. The van der Waals surface area contributed by atoms with E-state index in [1.807, 2.05) is 20.8 Å². The van der Waals surface area contributed by atoms with Crippen LogP contribution in [0.1, 0.15) is 46.5 Å². The lowest BCUT2D eigenvalue weighted by Crippen LogP contribution is -2.44. The summed E-state index contributed by atoms with van der Waals surface area (Å²) in [7, 11) is 0. The number of nitrogens with zero attached hydrogens (tertiary/aromatic N) is 1. The molecular formula is C13H21NO3. The van der Waals surface area contributed by atoms with Crippen molar-refractivity contribution in [1.82, 2.24) is 4.90 Å². The Hall–Kier alpha value is -1.06. The largest absolute Gasteiger partial charge is 0.444 e. The minimum absolute atomic E-state index is 0.0660. The molecule has 17 heavy (non-hydrogen) atoms. The Labute approximate surface area is 102 Å². The molecule has 0 aromatic heterocycles. The van der Waals surface area contributed by atoms with Crippen LogP contribution in [-0.4, -0.2) is 35.0 Å². The van der Waals surface area contributed by atoms with Crippen molar-refractivity contribution in [3.63, 3.8) is 0 Å². The fourth-order valence-corrected chi connectivity index (χ4v) is 2.80. The van der Waals surface area contributed by atoms with Gasteiger partial charge in [0.2, 0.25) is 0 Å². The average Bonchev–Trinajstić information content (AvgIpc) is 2.60. The van der Waals surface area contributed by atoms with Crippen LogP contribution in [0.3, 0.4) is 0 Å². The molecule has 0 N–H and O–H groups in total. The van der Waals surface area contributed by atoms with E-state index in [2.05, 4.69) is 0 Å². The zero-order valence-corrected chi connectivity index (χ0v) is 10.9. The molecule has 2 rings (SSSR count). The number of ether oxygens (including phenoxy) is 1. The first-order valence-corrected chi connectivity index (χ1v) is 6.41. The van der Waals surface area contributed by atoms with Gasteiger partial charge in [-0.25, -0.2) is 4.79 Å². The highest BCUT2D eigenvalue weighted by molar-refractivity contribution is 5.84. The quantitative estimate of drug-likeness (QED) is 0.652. The lowest BCUT2D eigenvalue weighted by Gasteiger charge is -2.32. The van der Waals surface area contributed by atoms with Crippen molar-refractivity contribution >= 4 is 11.9 Å². The molecule has 1 saturated carbocycles. The molecule has 4 nitrogen and oxygen atoms in total. The molecule has 2 fully saturated rings. The van der Waals surface area contributed by atoms with E-state index < -0.39 is 5.60 Å². The number of carbonyl (C=O) groups is 2. The van der Waals surface area contributed by atoms with Gasteiger partial charge >= 0.3 is 6.09 Å². The van der Waals surface area contributed by atoms with Crippen molar-refractivity contribution in [3.05, 3.63) is 0 Å². The third-order valence-electron chi connectivity index (χ3n) is 3.51. The number of rotatable bonds is 0. The maximum atomic E-state index is 12.0. The van der Waals surface area contributed by atoms with Crippen LogP contribution in [-0.2, 0) is 9.53 Å². The number of carbonyl (C=O) groups excluding carboxylic acids is 2. The van der Waals surface area contributed by atoms with Crippen LogP contribution >= 0.6 is 0 Å². The van der Waals surface area contributed by atoms with Gasteiger partial charge in [-0.2, -0.15) is 0 Å². The summed E-state index contributed by atoms with van der Waals surface area (Å²) in [4.78, 5) is 25.5. The smallest absolute Gasteiger partial charge is 0.410 e. The number of hydrogen-bond donors (Lipinski definition) is 0. The first-order chi connectivity index (χ1) is 7.88. The minimum atomic E-state index is -0.464. The van der Waals surface area contributed by atoms with Crippen LogP contribution < -0.4 is 0 Å². The molecule has 0 bridgehead atoms. The van der Waals surface area contributed by atoms with Gasteiger partial charge in [0.25, 0.3) is 0 Å². The van der Waals surface area contributed by atoms with Crippen molar-refractivity contribution < 1.29 is 14.3 Å². The number of hydrogen-bond acceptors (Lipinski definition) is 3. The monoisotopic (exact) mass is 239 g/mol. The first-order valence-electron chi connectivity index (χ1n) is 6.41. The lowest BCUT2D eigenvalue weighted by molar-refractivity contribution is -0.125. The molecule has 0 spiro atoms. The van der Waals surface area contributed by atoms with E-state index >= 15 is 0 Å². The summed E-state index contributed by atoms with van der Waals surface area (Å²) < 4.78 is 5.38. The van der Waals surface area contributed by atoms with Gasteiger partial charge < -0.3 is 9.64 Å². The molecule has 1 aliphatic carbocycles. The Kier molecular flexibility index (Phi) is 3.15. The fraction of sp³-hybridized carbons (Fsp3) is 0.846. The van der Waals surface area contributed by atoms with Gasteiger partial charge in [0.05, 0.1) is 0 Å². The van der Waals surface area contributed by atoms with Crippen LogP contribution in [0.5, 0.6) is 0 Å². The van der Waals surface area contributed by atoms with Crippen LogP contribution in [0, 0.1) is 5.92 Å². The summed E-state index contributed by atoms with van der Waals surface area (Å²) in [5.74, 6) is 0.392. The highest BCUT2D eigenvalue weighted by Gasteiger charge is 2.43. The van der Waals surface area contributed by atoms with E-state index in [1.165, 1.54) is 0 Å². The third kappa shape index (κ3) is 2.61. The topological polar surface area (TPSA) is 46.6 Å². The van der Waals surface area contributed by atoms with Gasteiger partial charge in [-0.3, -0.25) is 4.79 Å². The van der Waals surface area contributed by atoms with Crippen LogP contribution in [0.15, 0.2) is 0 Å². The zero-order valence-electron chi connectivity index (χ0n) is 10.9. The second kappa shape index (κ2) is 4.31. The molecule has 1 heterocycles. The van der Waals surface area contributed by atoms with Gasteiger partial charge in [-0.05, 0) is 40.0 Å². The van der Waals surface area contributed by atoms with Gasteiger partial charge in [-0.15, -0.1) is 0 Å². The molecule has 1 saturated heterocycles. The summed E-state index contributed by atoms with van der Waals surface area (Å²) in [6, 6.07) is 0.0890. The molecule has 0 aromatic rings. The number of fused-ring (bicyclic) bond motifs is 1. The van der Waals surface area contributed by atoms with Gasteiger partial charge in [0.15, 0.2) is 0 Å². The molecule has 4 heteroatoms. The molecule has 2 aliphatic rings. The Morgan fingerprint density at radius 2 is 2.06 bits per heavy atom. The average molecular weight is 239 g/mol. The molecule has 0 aromatic carbocycles. The SMILES string of the molecule is CC(C)(C)OC(=O)N1CC[C@H]2C(=O)CCC[C@H]21. The molecule has 1 amide bonds. The maximum Gasteiger partial charge on any atom is 0.410 e. The van der Waals surface area contributed by atoms with Gasteiger partial charge in [0, 0.05) is 24.9 Å². The first kappa shape index (κ1) is 12.4. The fourth-order valence-electron chi connectivity index (χ4n) is 2.80. The highest BCUT2D eigenvalue weighted by atomic mass is 16.6. The summed E-state index contributed by atoms with van der Waals surface area (Å²) >= 11 is 0. The van der Waals surface area contributed by atoms with Crippen molar-refractivity contribution in [2.24, 2.45) is 5.92 Å². The minimum Gasteiger partial charge on any atom is -0.444 e. The third-order valence-corrected chi connectivity index (χ3v) is 3.51. The number of amides is 1. The van der Waals surface area contributed by atoms with Crippen LogP contribution in [0.25, 0.3) is 0 Å². The molecule has 0 unspecified atom stereocenters. The molecule has 1 aliphatic heterocycles. The van der Waals surface area contributed by atoms with Crippen molar-refractivity contribution in [2.45, 2.75) is 58.1 Å². The molecule has 2 atom stereocenters. The van der Waals surface area contributed by atoms with Gasteiger partial charge in [0.1, 0.15) is 11.4 Å². The second-order valence-electron chi connectivity index (χ2n) is 5.99. The number of Topliss-reactive ketones (excluding diaryl/α,β-unsaturated/α-hetero) is 1. The molecule has 0 radical (unpaired) electrons. The maximum absolute atomic E-state index is 12.0. The van der Waals surface area contributed by atoms with Crippen molar-refractivity contribution in [3.8, 4) is 0 Å². The standard InChI is InChI=1S/C13H21NO3/c1-13(2,3)17-12(16)14-8-7-9-10(14)5-4-6-11(9)15/h9-10H,4-8H2,1-3H3/t9-,10-/m1/s1. The summed E-state index contributed by atoms with van der Waals surface area (Å²) in [6.45, 7) is 6.26. The Morgan fingerprint density at radius 3 is 2.71 bits per heavy atom. The van der Waals surface area contributed by atoms with E-state index in [1.54, 1.807) is 4.90 Å². The Morgan fingerprint density at radius 1 is 1.35 bits per heavy atom. The van der Waals surface area contributed by atoms with Crippen molar-refractivity contribution in [1.29, 1.82) is 0 Å². The summed E-state index contributed by atoms with van der Waals surface area (Å²) in [5.41, 5.74) is -0.464. The van der Waals surface area contributed by atoms with Gasteiger partial charge in [-0.1, -0.05) is 0 Å². The van der Waals surface area contributed by atoms with Crippen LogP contribution in [0.2, 0.25) is 0 Å². The van der Waals surface area contributed by atoms with E-state index in [0.717, 1.165) is 19.3 Å². The predicted octanol–water partition coefficient (Wildman–Crippen LogP) is 2.37. The second-order valence-corrected chi connectivity index (χ2v) is 5.99. The zero-order chi connectivity index (χ0) is 12.6. The van der Waals surface area contributed by atoms with E-state index in [4.69, 9.17) is 4.74 Å². The molecular weight excluding hydrogens is 218 g/mol. The predicted molar refractivity (Wildman–Crippen MR) is 63.7 cm³/mol. The van der Waals surface area contributed by atoms with Crippen LogP contribution in [0.4, 0.5) is 4.79 Å². The highest BCUT2D eigenvalue weighted by Crippen LogP contribution is 2.34. The Bertz CT molecular complexity index is 332. The lowest BCUT2D eigenvalue weighted by atomic mass is 9.84.